The Labute approximate surface area is 88.5 Å². The molecular weight excluding hydrogens is 229 g/mol. The Morgan fingerprint density at radius 2 is 1.81 bits per heavy atom. The highest BCUT2D eigenvalue weighted by atomic mass is 19.4. The summed E-state index contributed by atoms with van der Waals surface area (Å²) in [5.41, 5.74) is -0.611. The van der Waals surface area contributed by atoms with Gasteiger partial charge in [0.1, 0.15) is 0 Å². The number of phenolic OH excluding ortho intramolecular Hbond substituents is 2. The van der Waals surface area contributed by atoms with Gasteiger partial charge in [-0.15, -0.1) is 0 Å². The van der Waals surface area contributed by atoms with Crippen molar-refractivity contribution in [3.63, 3.8) is 0 Å². The molecule has 0 amide bonds. The summed E-state index contributed by atoms with van der Waals surface area (Å²) in [6.07, 6.45) is -7.60. The zero-order valence-electron chi connectivity index (χ0n) is 8.12. The molecule has 1 rings (SSSR count). The highest BCUT2D eigenvalue weighted by molar-refractivity contribution is 5.52. The van der Waals surface area contributed by atoms with E-state index in [4.69, 9.17) is 15.3 Å². The van der Waals surface area contributed by atoms with Crippen LogP contribution >= 0.6 is 0 Å². The molecule has 7 heteroatoms. The van der Waals surface area contributed by atoms with E-state index in [-0.39, 0.29) is 5.75 Å². The first-order chi connectivity index (χ1) is 7.27. The zero-order chi connectivity index (χ0) is 12.5. The molecule has 0 spiro atoms. The lowest BCUT2D eigenvalue weighted by Crippen LogP contribution is -2.20. The molecule has 0 bridgehead atoms. The Hall–Kier alpha value is -1.63. The Bertz CT molecular complexity index is 389. The number of hydrogen-bond acceptors (Lipinski definition) is 4. The number of hydrogen-bond donors (Lipinski definition) is 3. The minimum Gasteiger partial charge on any atom is -0.504 e. The van der Waals surface area contributed by atoms with Gasteiger partial charge in [-0.2, -0.15) is 13.2 Å². The van der Waals surface area contributed by atoms with Crippen LogP contribution in [0.2, 0.25) is 0 Å². The molecule has 4 nitrogen and oxygen atoms in total. The van der Waals surface area contributed by atoms with E-state index in [1.165, 1.54) is 0 Å². The van der Waals surface area contributed by atoms with Crippen LogP contribution in [-0.2, 0) is 0 Å². The first-order valence-electron chi connectivity index (χ1n) is 4.12. The number of methoxy groups -OCH3 is 1. The van der Waals surface area contributed by atoms with Gasteiger partial charge in [-0.3, -0.25) is 0 Å². The van der Waals surface area contributed by atoms with Crippen LogP contribution in [-0.4, -0.2) is 28.6 Å². The third-order valence-corrected chi connectivity index (χ3v) is 1.92. The third kappa shape index (κ3) is 2.30. The van der Waals surface area contributed by atoms with E-state index in [1.54, 1.807) is 0 Å². The number of benzene rings is 1. The van der Waals surface area contributed by atoms with Gasteiger partial charge in [0.25, 0.3) is 0 Å². The molecule has 1 aromatic rings. The lowest BCUT2D eigenvalue weighted by molar-refractivity contribution is -0.206. The summed E-state index contributed by atoms with van der Waals surface area (Å²) in [6.45, 7) is 0. The van der Waals surface area contributed by atoms with Crippen molar-refractivity contribution in [3.8, 4) is 17.2 Å². The first kappa shape index (κ1) is 12.4. The van der Waals surface area contributed by atoms with Gasteiger partial charge < -0.3 is 20.1 Å². The number of aliphatic hydroxyl groups excluding tert-OH is 1. The molecule has 0 unspecified atom stereocenters. The summed E-state index contributed by atoms with van der Waals surface area (Å²) < 4.78 is 41.0. The molecule has 0 heterocycles. The molecule has 1 aromatic carbocycles. The molecule has 0 saturated heterocycles. The molecule has 1 atom stereocenters. The van der Waals surface area contributed by atoms with Crippen LogP contribution in [0.4, 0.5) is 13.2 Å². The molecule has 16 heavy (non-hydrogen) atoms. The standard InChI is InChI=1S/C9H9F3O4/c1-16-6-3-4(2-5(13)7(6)14)8(15)9(10,11)12/h2-3,8,13-15H,1H3/t8-/m1/s1. The van der Waals surface area contributed by atoms with E-state index < -0.39 is 29.3 Å². The normalized spacial score (nSPS) is 13.6. The summed E-state index contributed by atoms with van der Waals surface area (Å²) in [7, 11) is 1.11. The molecule has 0 fully saturated rings. The van der Waals surface area contributed by atoms with Crippen molar-refractivity contribution in [1.29, 1.82) is 0 Å². The highest BCUT2D eigenvalue weighted by Crippen LogP contribution is 2.41. The van der Waals surface area contributed by atoms with Crippen molar-refractivity contribution in [2.24, 2.45) is 0 Å². The highest BCUT2D eigenvalue weighted by Gasteiger charge is 2.40. The molecule has 0 aliphatic heterocycles. The van der Waals surface area contributed by atoms with Gasteiger partial charge in [0.2, 0.25) is 5.75 Å². The summed E-state index contributed by atoms with van der Waals surface area (Å²) in [4.78, 5) is 0. The first-order valence-corrected chi connectivity index (χ1v) is 4.12. The molecule has 0 aromatic heterocycles. The Balaban J connectivity index is 3.21. The number of phenols is 2. The second kappa shape index (κ2) is 4.09. The maximum absolute atomic E-state index is 12.2. The van der Waals surface area contributed by atoms with Gasteiger partial charge >= 0.3 is 6.18 Å². The summed E-state index contributed by atoms with van der Waals surface area (Å²) in [6, 6.07) is 1.42. The fraction of sp³-hybridized carbons (Fsp3) is 0.333. The molecule has 90 valence electrons. The maximum atomic E-state index is 12.2. The van der Waals surface area contributed by atoms with Gasteiger partial charge in [-0.25, -0.2) is 0 Å². The predicted molar refractivity (Wildman–Crippen MR) is 47.3 cm³/mol. The maximum Gasteiger partial charge on any atom is 0.418 e. The van der Waals surface area contributed by atoms with Crippen LogP contribution in [0.5, 0.6) is 17.2 Å². The number of halogens is 3. The average molecular weight is 238 g/mol. The fourth-order valence-corrected chi connectivity index (χ4v) is 1.12. The molecule has 0 aliphatic rings. The number of rotatable bonds is 2. The number of alkyl halides is 3. The summed E-state index contributed by atoms with van der Waals surface area (Å²) in [5.74, 6) is -1.82. The van der Waals surface area contributed by atoms with Crippen molar-refractivity contribution in [2.45, 2.75) is 12.3 Å². The Morgan fingerprint density at radius 1 is 1.25 bits per heavy atom. The minimum atomic E-state index is -4.85. The Morgan fingerprint density at radius 3 is 2.25 bits per heavy atom. The number of aromatic hydroxyl groups is 2. The van der Waals surface area contributed by atoms with E-state index in [0.29, 0.717) is 6.07 Å². The van der Waals surface area contributed by atoms with E-state index in [0.717, 1.165) is 13.2 Å². The van der Waals surface area contributed by atoms with Crippen LogP contribution in [0.15, 0.2) is 12.1 Å². The van der Waals surface area contributed by atoms with Gasteiger partial charge in [-0.05, 0) is 17.7 Å². The lowest BCUT2D eigenvalue weighted by Gasteiger charge is -2.16. The SMILES string of the molecule is COc1cc([C@@H](O)C(F)(F)F)cc(O)c1O. The largest absolute Gasteiger partial charge is 0.504 e. The van der Waals surface area contributed by atoms with Crippen LogP contribution in [0, 0.1) is 0 Å². The lowest BCUT2D eigenvalue weighted by atomic mass is 10.1. The van der Waals surface area contributed by atoms with Crippen molar-refractivity contribution < 1.29 is 33.2 Å². The minimum absolute atomic E-state index is 0.349. The van der Waals surface area contributed by atoms with Crippen LogP contribution in [0.25, 0.3) is 0 Å². The molecular formula is C9H9F3O4. The van der Waals surface area contributed by atoms with E-state index in [2.05, 4.69) is 4.74 Å². The molecule has 0 radical (unpaired) electrons. The van der Waals surface area contributed by atoms with Gasteiger partial charge in [0, 0.05) is 0 Å². The topological polar surface area (TPSA) is 69.9 Å². The van der Waals surface area contributed by atoms with Crippen LogP contribution < -0.4 is 4.74 Å². The van der Waals surface area contributed by atoms with Crippen molar-refractivity contribution in [2.75, 3.05) is 7.11 Å². The smallest absolute Gasteiger partial charge is 0.418 e. The fourth-order valence-electron chi connectivity index (χ4n) is 1.12. The van der Waals surface area contributed by atoms with E-state index in [9.17, 15) is 13.2 Å². The zero-order valence-corrected chi connectivity index (χ0v) is 8.12. The average Bonchev–Trinajstić information content (AvgIpc) is 2.19. The van der Waals surface area contributed by atoms with Crippen molar-refractivity contribution >= 4 is 0 Å². The molecule has 0 saturated carbocycles. The number of ether oxygens (including phenoxy) is 1. The molecule has 0 aliphatic carbocycles. The van der Waals surface area contributed by atoms with Gasteiger partial charge in [-0.1, -0.05) is 0 Å². The Kier molecular flexibility index (Phi) is 3.18. The second-order valence-electron chi connectivity index (χ2n) is 3.04. The monoisotopic (exact) mass is 238 g/mol. The summed E-state index contributed by atoms with van der Waals surface area (Å²) in [5, 5.41) is 27.2. The van der Waals surface area contributed by atoms with E-state index >= 15 is 0 Å². The van der Waals surface area contributed by atoms with Crippen LogP contribution in [0.3, 0.4) is 0 Å². The third-order valence-electron chi connectivity index (χ3n) is 1.92. The van der Waals surface area contributed by atoms with Crippen molar-refractivity contribution in [3.05, 3.63) is 17.7 Å². The van der Waals surface area contributed by atoms with E-state index in [1.807, 2.05) is 0 Å². The van der Waals surface area contributed by atoms with Gasteiger partial charge in [0.15, 0.2) is 17.6 Å². The van der Waals surface area contributed by atoms with Crippen molar-refractivity contribution in [1.82, 2.24) is 0 Å². The number of aliphatic hydroxyl groups is 1. The molecule has 3 N–H and O–H groups in total. The predicted octanol–water partition coefficient (Wildman–Crippen LogP) is 1.70. The quantitative estimate of drug-likeness (QED) is 0.686. The van der Waals surface area contributed by atoms with Crippen LogP contribution in [0.1, 0.15) is 11.7 Å². The summed E-state index contributed by atoms with van der Waals surface area (Å²) >= 11 is 0. The van der Waals surface area contributed by atoms with Gasteiger partial charge in [0.05, 0.1) is 7.11 Å². The second-order valence-corrected chi connectivity index (χ2v) is 3.04.